The molecule has 8 heteroatoms. The number of para-hydroxylation sites is 1. The second-order valence-corrected chi connectivity index (χ2v) is 7.82. The molecule has 2 heterocycles. The molecular weight excluding hydrogens is 406 g/mol. The number of nitrogens with one attached hydrogen (secondary N) is 1. The topological polar surface area (TPSA) is 86.8 Å². The van der Waals surface area contributed by atoms with Gasteiger partial charge in [-0.3, -0.25) is 24.1 Å². The summed E-state index contributed by atoms with van der Waals surface area (Å²) in [7, 11) is 0. The number of benzene rings is 2. The van der Waals surface area contributed by atoms with Gasteiger partial charge in [0.1, 0.15) is 0 Å². The molecule has 1 atom stereocenters. The predicted octanol–water partition coefficient (Wildman–Crippen LogP) is 2.98. The van der Waals surface area contributed by atoms with Crippen molar-refractivity contribution in [2.24, 2.45) is 5.92 Å². The van der Waals surface area contributed by atoms with Crippen LogP contribution in [0.4, 0.5) is 11.4 Å². The first-order valence-corrected chi connectivity index (χ1v) is 10.1. The van der Waals surface area contributed by atoms with E-state index in [1.165, 1.54) is 4.90 Å². The van der Waals surface area contributed by atoms with E-state index in [1.54, 1.807) is 53.4 Å². The van der Waals surface area contributed by atoms with Gasteiger partial charge in [-0.05, 0) is 29.8 Å². The molecule has 2 aromatic carbocycles. The molecule has 1 unspecified atom stereocenters. The molecule has 0 aromatic heterocycles. The second kappa shape index (κ2) is 8.28. The van der Waals surface area contributed by atoms with Crippen molar-refractivity contribution >= 4 is 46.6 Å². The molecule has 4 amide bonds. The zero-order valence-electron chi connectivity index (χ0n) is 16.1. The minimum atomic E-state index is -0.478. The molecule has 7 nitrogen and oxygen atoms in total. The fourth-order valence-corrected chi connectivity index (χ4v) is 3.94. The largest absolute Gasteiger partial charge is 0.326 e. The Morgan fingerprint density at radius 1 is 0.967 bits per heavy atom. The van der Waals surface area contributed by atoms with Gasteiger partial charge >= 0.3 is 0 Å². The molecule has 154 valence electrons. The highest BCUT2D eigenvalue weighted by molar-refractivity contribution is 6.33. The number of anilines is 2. The van der Waals surface area contributed by atoms with Gasteiger partial charge in [0.05, 0.1) is 23.2 Å². The summed E-state index contributed by atoms with van der Waals surface area (Å²) < 4.78 is 0. The molecule has 2 aliphatic heterocycles. The second-order valence-electron chi connectivity index (χ2n) is 7.42. The maximum Gasteiger partial charge on any atom is 0.229 e. The highest BCUT2D eigenvalue weighted by atomic mass is 35.5. The lowest BCUT2D eigenvalue weighted by molar-refractivity contribution is -0.139. The lowest BCUT2D eigenvalue weighted by Crippen LogP contribution is -2.28. The molecule has 0 bridgehead atoms. The monoisotopic (exact) mass is 425 g/mol. The maximum atomic E-state index is 12.7. The molecule has 0 radical (unpaired) electrons. The van der Waals surface area contributed by atoms with Gasteiger partial charge in [-0.15, -0.1) is 0 Å². The number of carbonyl (C=O) groups excluding carboxylic acids is 4. The summed E-state index contributed by atoms with van der Waals surface area (Å²) in [6.07, 6.45) is 0.644. The first-order valence-electron chi connectivity index (χ1n) is 9.70. The summed E-state index contributed by atoms with van der Waals surface area (Å²) in [5.41, 5.74) is 2.00. The van der Waals surface area contributed by atoms with Crippen molar-refractivity contribution in [2.75, 3.05) is 16.8 Å². The van der Waals surface area contributed by atoms with E-state index in [9.17, 15) is 19.2 Å². The van der Waals surface area contributed by atoms with Gasteiger partial charge in [0.15, 0.2) is 0 Å². The van der Waals surface area contributed by atoms with Crippen molar-refractivity contribution in [2.45, 2.75) is 25.8 Å². The van der Waals surface area contributed by atoms with E-state index in [2.05, 4.69) is 5.32 Å². The van der Waals surface area contributed by atoms with Crippen LogP contribution in [0.1, 0.15) is 24.8 Å². The molecule has 0 aliphatic carbocycles. The number of imide groups is 1. The van der Waals surface area contributed by atoms with Gasteiger partial charge < -0.3 is 10.2 Å². The Morgan fingerprint density at radius 3 is 2.30 bits per heavy atom. The van der Waals surface area contributed by atoms with Gasteiger partial charge in [0, 0.05) is 31.5 Å². The van der Waals surface area contributed by atoms with Crippen LogP contribution in [0.2, 0.25) is 5.02 Å². The predicted molar refractivity (Wildman–Crippen MR) is 112 cm³/mol. The van der Waals surface area contributed by atoms with E-state index in [4.69, 9.17) is 11.6 Å². The lowest BCUT2D eigenvalue weighted by atomic mass is 10.1. The maximum absolute atomic E-state index is 12.7. The number of halogens is 1. The summed E-state index contributed by atoms with van der Waals surface area (Å²) in [5.74, 6) is -1.18. The van der Waals surface area contributed by atoms with Crippen LogP contribution in [0, 0.1) is 5.92 Å². The van der Waals surface area contributed by atoms with Crippen LogP contribution in [0.3, 0.4) is 0 Å². The first-order chi connectivity index (χ1) is 14.4. The van der Waals surface area contributed by atoms with Crippen LogP contribution in [0.25, 0.3) is 0 Å². The number of likely N-dealkylation sites (tertiary alicyclic amines) is 1. The van der Waals surface area contributed by atoms with Crippen molar-refractivity contribution in [1.82, 2.24) is 4.90 Å². The number of carbonyl (C=O) groups is 4. The summed E-state index contributed by atoms with van der Waals surface area (Å²) in [6, 6.07) is 14.0. The van der Waals surface area contributed by atoms with E-state index in [1.807, 2.05) is 0 Å². The smallest absolute Gasteiger partial charge is 0.229 e. The van der Waals surface area contributed by atoms with Crippen LogP contribution >= 0.6 is 11.6 Å². The highest BCUT2D eigenvalue weighted by Gasteiger charge is 2.36. The summed E-state index contributed by atoms with van der Waals surface area (Å²) in [5, 5.41) is 3.30. The zero-order chi connectivity index (χ0) is 21.3. The Kier molecular flexibility index (Phi) is 5.55. The molecule has 0 saturated carbocycles. The van der Waals surface area contributed by atoms with Crippen LogP contribution in [0.15, 0.2) is 48.5 Å². The number of amides is 4. The van der Waals surface area contributed by atoms with Crippen LogP contribution in [0.5, 0.6) is 0 Å². The van der Waals surface area contributed by atoms with Gasteiger partial charge in [-0.2, -0.15) is 0 Å². The lowest BCUT2D eigenvalue weighted by Gasteiger charge is -2.18. The van der Waals surface area contributed by atoms with E-state index in [0.29, 0.717) is 16.4 Å². The van der Waals surface area contributed by atoms with Gasteiger partial charge in [-0.25, -0.2) is 0 Å². The molecule has 2 fully saturated rings. The molecule has 0 spiro atoms. The van der Waals surface area contributed by atoms with E-state index in [0.717, 1.165) is 5.56 Å². The number of hydrogen-bond acceptors (Lipinski definition) is 4. The van der Waals surface area contributed by atoms with Gasteiger partial charge in [-0.1, -0.05) is 35.9 Å². The average Bonchev–Trinajstić information content (AvgIpc) is 3.27. The standard InChI is InChI=1S/C22H20ClN3O4/c23-17-3-1-2-4-18(17)25-13-15(11-21(25)29)22(30)24-16-7-5-14(6-8-16)12-26-19(27)9-10-20(26)28/h1-8,15H,9-13H2,(H,24,30). The third-order valence-electron chi connectivity index (χ3n) is 5.36. The molecule has 2 aliphatic rings. The third kappa shape index (κ3) is 4.07. The van der Waals surface area contributed by atoms with Crippen molar-refractivity contribution in [1.29, 1.82) is 0 Å². The number of rotatable bonds is 5. The Labute approximate surface area is 178 Å². The van der Waals surface area contributed by atoms with E-state index >= 15 is 0 Å². The summed E-state index contributed by atoms with van der Waals surface area (Å²) >= 11 is 6.18. The fourth-order valence-electron chi connectivity index (χ4n) is 3.71. The molecule has 30 heavy (non-hydrogen) atoms. The van der Waals surface area contributed by atoms with Gasteiger partial charge in [0.2, 0.25) is 23.6 Å². The molecule has 2 saturated heterocycles. The Morgan fingerprint density at radius 2 is 1.63 bits per heavy atom. The minimum Gasteiger partial charge on any atom is -0.326 e. The van der Waals surface area contributed by atoms with Crippen LogP contribution in [-0.2, 0) is 25.7 Å². The van der Waals surface area contributed by atoms with Crippen molar-refractivity contribution < 1.29 is 19.2 Å². The number of hydrogen-bond donors (Lipinski definition) is 1. The van der Waals surface area contributed by atoms with Crippen LogP contribution in [-0.4, -0.2) is 35.1 Å². The Hall–Kier alpha value is -3.19. The average molecular weight is 426 g/mol. The molecule has 2 aromatic rings. The normalized spacial score (nSPS) is 19.0. The van der Waals surface area contributed by atoms with E-state index in [-0.39, 0.29) is 56.0 Å². The highest BCUT2D eigenvalue weighted by Crippen LogP contribution is 2.31. The summed E-state index contributed by atoms with van der Waals surface area (Å²) in [6.45, 7) is 0.501. The quantitative estimate of drug-likeness (QED) is 0.746. The van der Waals surface area contributed by atoms with Crippen molar-refractivity contribution in [3.05, 3.63) is 59.1 Å². The zero-order valence-corrected chi connectivity index (χ0v) is 16.9. The summed E-state index contributed by atoms with van der Waals surface area (Å²) in [4.78, 5) is 51.3. The van der Waals surface area contributed by atoms with Crippen molar-refractivity contribution in [3.8, 4) is 0 Å². The van der Waals surface area contributed by atoms with Crippen LogP contribution < -0.4 is 10.2 Å². The third-order valence-corrected chi connectivity index (χ3v) is 5.68. The van der Waals surface area contributed by atoms with Crippen molar-refractivity contribution in [3.63, 3.8) is 0 Å². The SMILES string of the molecule is O=C(Nc1ccc(CN2C(=O)CCC2=O)cc1)C1CC(=O)N(c2ccccc2Cl)C1. The fraction of sp³-hybridized carbons (Fsp3) is 0.273. The molecule has 1 N–H and O–H groups in total. The molecule has 4 rings (SSSR count). The first kappa shape index (κ1) is 20.1. The van der Waals surface area contributed by atoms with E-state index < -0.39 is 5.92 Å². The van der Waals surface area contributed by atoms with Gasteiger partial charge in [0.25, 0.3) is 0 Å². The Balaban J connectivity index is 1.37. The Bertz CT molecular complexity index is 1010. The number of nitrogens with zero attached hydrogens (tertiary/aromatic N) is 2. The minimum absolute atomic E-state index is 0.119. The molecular formula is C22H20ClN3O4.